The van der Waals surface area contributed by atoms with Crippen molar-refractivity contribution in [1.29, 1.82) is 0 Å². The molecule has 6 rings (SSSR count). The van der Waals surface area contributed by atoms with Crippen molar-refractivity contribution in [3.8, 4) is 0 Å². The van der Waals surface area contributed by atoms with E-state index in [1.54, 1.807) is 0 Å². The molecule has 2 fully saturated rings. The molecule has 0 aliphatic carbocycles. The summed E-state index contributed by atoms with van der Waals surface area (Å²) in [7, 11) is 2.17. The average Bonchev–Trinajstić information content (AvgIpc) is 3.64. The number of anilines is 1. The SMILES string of the molecule is Cc1nn(C2CCN(CCCN)CC2)c2cc(C(=O)Nc3cc4[nH]c([C@H]5CCCN5C)cc4cn3)ccc12. The molecule has 2 aliphatic heterocycles. The maximum absolute atomic E-state index is 13.3. The Kier molecular flexibility index (Phi) is 6.90. The second-order valence-electron chi connectivity index (χ2n) is 11.0. The number of nitrogens with one attached hydrogen (secondary N) is 2. The van der Waals surface area contributed by atoms with E-state index in [1.807, 2.05) is 37.4 Å². The zero-order valence-corrected chi connectivity index (χ0v) is 22.4. The normalized spacial score (nSPS) is 19.6. The van der Waals surface area contributed by atoms with Gasteiger partial charge in [0.2, 0.25) is 0 Å². The van der Waals surface area contributed by atoms with Gasteiger partial charge in [0.25, 0.3) is 5.91 Å². The molecule has 9 heteroatoms. The van der Waals surface area contributed by atoms with E-state index in [-0.39, 0.29) is 5.91 Å². The number of carbonyl (C=O) groups is 1. The van der Waals surface area contributed by atoms with Crippen LogP contribution in [0.2, 0.25) is 0 Å². The number of fused-ring (bicyclic) bond motifs is 2. The van der Waals surface area contributed by atoms with Crippen LogP contribution in [0.15, 0.2) is 36.5 Å². The minimum absolute atomic E-state index is 0.164. The van der Waals surface area contributed by atoms with Gasteiger partial charge >= 0.3 is 0 Å². The van der Waals surface area contributed by atoms with Crippen LogP contribution in [0.5, 0.6) is 0 Å². The van der Waals surface area contributed by atoms with Gasteiger partial charge in [0.1, 0.15) is 5.82 Å². The van der Waals surface area contributed by atoms with Gasteiger partial charge in [-0.15, -0.1) is 0 Å². The number of carbonyl (C=O) groups excluding carboxylic acids is 1. The fourth-order valence-corrected chi connectivity index (χ4v) is 6.21. The van der Waals surface area contributed by atoms with Crippen molar-refractivity contribution >= 4 is 33.5 Å². The number of amides is 1. The Hall–Kier alpha value is -3.27. The highest BCUT2D eigenvalue weighted by molar-refractivity contribution is 6.06. The smallest absolute Gasteiger partial charge is 0.256 e. The summed E-state index contributed by atoms with van der Waals surface area (Å²) >= 11 is 0. The molecule has 1 amide bonds. The van der Waals surface area contributed by atoms with Gasteiger partial charge in [0, 0.05) is 53.4 Å². The number of aromatic amines is 1. The number of pyridine rings is 1. The van der Waals surface area contributed by atoms with Crippen LogP contribution < -0.4 is 11.1 Å². The van der Waals surface area contributed by atoms with Gasteiger partial charge < -0.3 is 20.9 Å². The quantitative estimate of drug-likeness (QED) is 0.341. The second-order valence-corrected chi connectivity index (χ2v) is 11.0. The van der Waals surface area contributed by atoms with Gasteiger partial charge in [-0.25, -0.2) is 4.98 Å². The Morgan fingerprint density at radius 2 is 2.00 bits per heavy atom. The first-order valence-corrected chi connectivity index (χ1v) is 13.9. The summed E-state index contributed by atoms with van der Waals surface area (Å²) in [5.41, 5.74) is 10.5. The topological polar surface area (TPSA) is 108 Å². The average molecular weight is 515 g/mol. The number of piperidine rings is 1. The van der Waals surface area contributed by atoms with Crippen molar-refractivity contribution < 1.29 is 4.79 Å². The van der Waals surface area contributed by atoms with Crippen LogP contribution >= 0.6 is 0 Å². The van der Waals surface area contributed by atoms with Crippen LogP contribution in [0, 0.1) is 6.92 Å². The molecule has 38 heavy (non-hydrogen) atoms. The first kappa shape index (κ1) is 25.0. The van der Waals surface area contributed by atoms with Crippen molar-refractivity contribution in [1.82, 2.24) is 29.5 Å². The van der Waals surface area contributed by atoms with E-state index in [2.05, 4.69) is 42.9 Å². The fourth-order valence-electron chi connectivity index (χ4n) is 6.21. The standard InChI is InChI=1S/C29H38N8O/c1-19-23-7-6-20(16-27(23)37(34-19)22-8-13-36(14-9-22)12-4-10-30)29(38)33-28-17-24-21(18-31-28)15-25(32-24)26-5-3-11-35(26)2/h6-7,15-18,22,26,32H,3-5,8-14,30H2,1-2H3,(H,31,33,38)/t26-/m1/s1. The molecule has 0 bridgehead atoms. The van der Waals surface area contributed by atoms with E-state index >= 15 is 0 Å². The molecule has 9 nitrogen and oxygen atoms in total. The molecule has 2 saturated heterocycles. The summed E-state index contributed by atoms with van der Waals surface area (Å²) < 4.78 is 2.15. The first-order chi connectivity index (χ1) is 18.5. The number of hydrogen-bond donors (Lipinski definition) is 3. The van der Waals surface area contributed by atoms with Crippen LogP contribution in [0.3, 0.4) is 0 Å². The number of nitrogens with two attached hydrogens (primary N) is 1. The fraction of sp³-hybridized carbons (Fsp3) is 0.483. The Bertz CT molecular complexity index is 1450. The highest BCUT2D eigenvalue weighted by atomic mass is 16.1. The van der Waals surface area contributed by atoms with E-state index in [4.69, 9.17) is 10.8 Å². The summed E-state index contributed by atoms with van der Waals surface area (Å²) in [5, 5.41) is 10.1. The Balaban J connectivity index is 1.20. The molecule has 3 aromatic heterocycles. The molecule has 0 spiro atoms. The third-order valence-corrected chi connectivity index (χ3v) is 8.38. The molecule has 1 aromatic carbocycles. The van der Waals surface area contributed by atoms with E-state index in [1.165, 1.54) is 12.1 Å². The number of aromatic nitrogens is 4. The lowest BCUT2D eigenvalue weighted by atomic mass is 10.0. The van der Waals surface area contributed by atoms with E-state index in [0.717, 1.165) is 85.9 Å². The van der Waals surface area contributed by atoms with Gasteiger partial charge in [-0.2, -0.15) is 5.10 Å². The van der Waals surface area contributed by atoms with Crippen molar-refractivity contribution in [2.45, 2.75) is 51.1 Å². The Labute approximate surface area is 223 Å². The molecule has 0 radical (unpaired) electrons. The number of aryl methyl sites for hydroxylation is 1. The predicted molar refractivity (Wildman–Crippen MR) is 152 cm³/mol. The lowest BCUT2D eigenvalue weighted by Crippen LogP contribution is -2.36. The molecule has 1 atom stereocenters. The van der Waals surface area contributed by atoms with Gasteiger partial charge in [0.05, 0.1) is 22.8 Å². The summed E-state index contributed by atoms with van der Waals surface area (Å²) in [6.45, 7) is 7.07. The third-order valence-electron chi connectivity index (χ3n) is 8.38. The first-order valence-electron chi connectivity index (χ1n) is 13.9. The summed E-state index contributed by atoms with van der Waals surface area (Å²) in [6.07, 6.45) is 7.35. The molecular formula is C29H38N8O. The minimum Gasteiger partial charge on any atom is -0.357 e. The van der Waals surface area contributed by atoms with E-state index in [9.17, 15) is 4.79 Å². The zero-order chi connectivity index (χ0) is 26.2. The Morgan fingerprint density at radius 1 is 1.16 bits per heavy atom. The van der Waals surface area contributed by atoms with Gasteiger partial charge in [-0.1, -0.05) is 6.07 Å². The van der Waals surface area contributed by atoms with Crippen LogP contribution in [-0.2, 0) is 0 Å². The third kappa shape index (κ3) is 4.81. The lowest BCUT2D eigenvalue weighted by Gasteiger charge is -2.32. The molecule has 4 N–H and O–H groups in total. The highest BCUT2D eigenvalue weighted by Crippen LogP contribution is 2.32. The van der Waals surface area contributed by atoms with Crippen LogP contribution in [0.4, 0.5) is 5.82 Å². The van der Waals surface area contributed by atoms with Crippen LogP contribution in [-0.4, -0.2) is 75.2 Å². The molecule has 2 aliphatic rings. The number of nitrogens with zero attached hydrogens (tertiary/aromatic N) is 5. The number of likely N-dealkylation sites (tertiary alicyclic amines) is 2. The zero-order valence-electron chi connectivity index (χ0n) is 22.4. The van der Waals surface area contributed by atoms with Crippen molar-refractivity contribution in [3.05, 3.63) is 53.5 Å². The molecule has 4 aromatic rings. The van der Waals surface area contributed by atoms with E-state index < -0.39 is 0 Å². The van der Waals surface area contributed by atoms with Crippen LogP contribution in [0.1, 0.15) is 65.9 Å². The second kappa shape index (κ2) is 10.5. The highest BCUT2D eigenvalue weighted by Gasteiger charge is 2.25. The molecular weight excluding hydrogens is 476 g/mol. The van der Waals surface area contributed by atoms with Crippen molar-refractivity contribution in [2.24, 2.45) is 5.73 Å². The number of hydrogen-bond acceptors (Lipinski definition) is 6. The number of H-pyrrole nitrogens is 1. The monoisotopic (exact) mass is 514 g/mol. The largest absolute Gasteiger partial charge is 0.357 e. The van der Waals surface area contributed by atoms with Gasteiger partial charge in [-0.05, 0) is 83.9 Å². The van der Waals surface area contributed by atoms with Gasteiger partial charge in [-0.3, -0.25) is 14.4 Å². The number of benzene rings is 1. The maximum atomic E-state index is 13.3. The van der Waals surface area contributed by atoms with Gasteiger partial charge in [0.15, 0.2) is 0 Å². The lowest BCUT2D eigenvalue weighted by molar-refractivity contribution is 0.102. The van der Waals surface area contributed by atoms with Crippen molar-refractivity contribution in [2.75, 3.05) is 45.1 Å². The summed E-state index contributed by atoms with van der Waals surface area (Å²) in [4.78, 5) is 26.2. The van der Waals surface area contributed by atoms with Crippen molar-refractivity contribution in [3.63, 3.8) is 0 Å². The van der Waals surface area contributed by atoms with Crippen LogP contribution in [0.25, 0.3) is 21.8 Å². The minimum atomic E-state index is -0.164. The molecule has 0 saturated carbocycles. The summed E-state index contributed by atoms with van der Waals surface area (Å²) in [5.74, 6) is 0.383. The predicted octanol–water partition coefficient (Wildman–Crippen LogP) is 4.23. The Morgan fingerprint density at radius 3 is 2.76 bits per heavy atom. The summed E-state index contributed by atoms with van der Waals surface area (Å²) in [6, 6.07) is 10.7. The maximum Gasteiger partial charge on any atom is 0.256 e. The molecule has 0 unspecified atom stereocenters. The van der Waals surface area contributed by atoms with E-state index in [0.29, 0.717) is 23.5 Å². The molecule has 200 valence electrons. The molecule has 5 heterocycles. The number of rotatable bonds is 7.